The smallest absolute Gasteiger partial charge is 0.453 e. The van der Waals surface area contributed by atoms with Gasteiger partial charge >= 0.3 is 12.1 Å². The zero-order chi connectivity index (χ0) is 31.9. The van der Waals surface area contributed by atoms with E-state index in [9.17, 15) is 32.2 Å². The van der Waals surface area contributed by atoms with Crippen molar-refractivity contribution in [3.05, 3.63) is 29.3 Å². The van der Waals surface area contributed by atoms with Crippen LogP contribution in [0, 0.1) is 23.2 Å². The first-order valence-electron chi connectivity index (χ1n) is 17.0. The number of alkyl halides is 6. The van der Waals surface area contributed by atoms with Crippen LogP contribution in [0.4, 0.5) is 26.3 Å². The van der Waals surface area contributed by atoms with Gasteiger partial charge in [-0.15, -0.1) is 0 Å². The highest BCUT2D eigenvalue weighted by Gasteiger charge is 2.63. The van der Waals surface area contributed by atoms with E-state index < -0.39 is 35.7 Å². The number of phenolic OH excluding ortho intramolecular Hbond substituents is 1. The highest BCUT2D eigenvalue weighted by molar-refractivity contribution is 5.41. The zero-order valence-corrected chi connectivity index (χ0v) is 26.3. The number of unbranched alkanes of at least 4 members (excludes halogenated alkanes) is 4. The molecule has 8 unspecified atom stereocenters. The van der Waals surface area contributed by atoms with Gasteiger partial charge in [-0.3, -0.25) is 0 Å². The number of rotatable bonds is 12. The first-order chi connectivity index (χ1) is 20.6. The number of phenols is 1. The lowest BCUT2D eigenvalue weighted by molar-refractivity contribution is -0.284. The number of nitrogens with zero attached hydrogens (tertiary/aromatic N) is 1. The number of hydrogen-bond acceptors (Lipinski definition) is 3. The molecule has 3 aliphatic carbocycles. The second kappa shape index (κ2) is 13.0. The van der Waals surface area contributed by atoms with E-state index in [1.807, 2.05) is 19.1 Å². The van der Waals surface area contributed by atoms with E-state index >= 15 is 4.39 Å². The van der Waals surface area contributed by atoms with Crippen LogP contribution in [-0.2, 0) is 6.42 Å². The van der Waals surface area contributed by atoms with Gasteiger partial charge in [-0.1, -0.05) is 38.7 Å². The summed E-state index contributed by atoms with van der Waals surface area (Å²) < 4.78 is 79.6. The Morgan fingerprint density at radius 3 is 2.43 bits per heavy atom. The minimum absolute atomic E-state index is 0.118. The predicted octanol–water partition coefficient (Wildman–Crippen LogP) is 9.35. The van der Waals surface area contributed by atoms with E-state index in [-0.39, 0.29) is 29.9 Å². The second-order valence-electron chi connectivity index (χ2n) is 15.0. The Bertz CT molecular complexity index is 1120. The lowest BCUT2D eigenvalue weighted by atomic mass is 9.50. The van der Waals surface area contributed by atoms with Crippen LogP contribution in [0.15, 0.2) is 18.2 Å². The summed E-state index contributed by atoms with van der Waals surface area (Å²) in [4.78, 5) is 2.46. The maximum atomic E-state index is 16.1. The van der Waals surface area contributed by atoms with E-state index in [2.05, 4.69) is 11.8 Å². The van der Waals surface area contributed by atoms with Crippen molar-refractivity contribution in [3.63, 3.8) is 0 Å². The molecule has 5 rings (SSSR count). The van der Waals surface area contributed by atoms with Crippen molar-refractivity contribution < 1.29 is 36.6 Å². The van der Waals surface area contributed by atoms with Crippen molar-refractivity contribution >= 4 is 0 Å². The minimum atomic E-state index is -5.47. The van der Waals surface area contributed by atoms with E-state index in [0.717, 1.165) is 82.0 Å². The molecule has 1 aromatic rings. The average Bonchev–Trinajstić information content (AvgIpc) is 3.47. The fraction of sp³-hybridized carbons (Fsp3) is 0.829. The quantitative estimate of drug-likeness (QED) is 0.179. The van der Waals surface area contributed by atoms with Gasteiger partial charge in [0.05, 0.1) is 5.60 Å². The number of hydrogen-bond donors (Lipinski definition) is 2. The molecule has 1 aliphatic heterocycles. The van der Waals surface area contributed by atoms with Crippen molar-refractivity contribution in [1.82, 2.24) is 4.90 Å². The first-order valence-corrected chi connectivity index (χ1v) is 17.0. The third-order valence-electron chi connectivity index (χ3n) is 12.4. The summed E-state index contributed by atoms with van der Waals surface area (Å²) in [6.45, 7) is 5.95. The molecule has 44 heavy (non-hydrogen) atoms. The maximum absolute atomic E-state index is 16.1. The van der Waals surface area contributed by atoms with Crippen molar-refractivity contribution in [3.8, 4) is 5.75 Å². The van der Waals surface area contributed by atoms with Crippen LogP contribution in [0.3, 0.4) is 0 Å². The average molecular weight is 632 g/mol. The number of halogens is 6. The zero-order valence-electron chi connectivity index (χ0n) is 26.3. The van der Waals surface area contributed by atoms with Crippen molar-refractivity contribution in [2.24, 2.45) is 23.2 Å². The standard InChI is InChI=1S/C35H51F6NO2/c1-32-22-29(36)31-27-14-13-26(43)21-24(27)20-23(30(31)28(32)15-17-33(32,2)44)10-5-4-8-18-42-19-9-12-25(42)11-6-3-7-16-34(37,38)35(39,40)41/h13-14,21,23,25,28-31,43-44H,3-12,15-20,22H2,1-2H3. The van der Waals surface area contributed by atoms with E-state index in [4.69, 9.17) is 0 Å². The first kappa shape index (κ1) is 33.9. The normalized spacial score (nSPS) is 35.8. The Morgan fingerprint density at radius 1 is 0.955 bits per heavy atom. The van der Waals surface area contributed by atoms with Crippen molar-refractivity contribution in [1.29, 1.82) is 0 Å². The summed E-state index contributed by atoms with van der Waals surface area (Å²) in [5.74, 6) is -3.83. The van der Waals surface area contributed by atoms with Gasteiger partial charge in [0.15, 0.2) is 0 Å². The van der Waals surface area contributed by atoms with Crippen molar-refractivity contribution in [2.45, 2.75) is 146 Å². The summed E-state index contributed by atoms with van der Waals surface area (Å²) in [6, 6.07) is 5.79. The maximum Gasteiger partial charge on any atom is 0.453 e. The summed E-state index contributed by atoms with van der Waals surface area (Å²) in [7, 11) is 0. The largest absolute Gasteiger partial charge is 0.508 e. The number of aliphatic hydroxyl groups is 1. The molecular formula is C35H51F6NO2. The molecule has 1 aromatic carbocycles. The highest BCUT2D eigenvalue weighted by Crippen LogP contribution is 2.66. The van der Waals surface area contributed by atoms with Gasteiger partial charge in [-0.2, -0.15) is 22.0 Å². The van der Waals surface area contributed by atoms with E-state index in [1.165, 1.54) is 0 Å². The molecule has 9 heteroatoms. The molecule has 0 aromatic heterocycles. The molecule has 3 nitrogen and oxygen atoms in total. The molecule has 1 heterocycles. The van der Waals surface area contributed by atoms with Crippen molar-refractivity contribution in [2.75, 3.05) is 13.1 Å². The molecule has 3 fully saturated rings. The molecule has 8 atom stereocenters. The molecule has 0 radical (unpaired) electrons. The molecule has 2 N–H and O–H groups in total. The molecule has 4 aliphatic rings. The Morgan fingerprint density at radius 2 is 1.68 bits per heavy atom. The summed E-state index contributed by atoms with van der Waals surface area (Å²) in [5.41, 5.74) is 0.797. The number of benzene rings is 1. The Hall–Kier alpha value is -1.48. The predicted molar refractivity (Wildman–Crippen MR) is 160 cm³/mol. The number of fused-ring (bicyclic) bond motifs is 5. The molecule has 1 saturated heterocycles. The third kappa shape index (κ3) is 6.65. The Labute approximate surface area is 258 Å². The second-order valence-corrected chi connectivity index (χ2v) is 15.0. The fourth-order valence-corrected chi connectivity index (χ4v) is 9.74. The summed E-state index contributed by atoms with van der Waals surface area (Å²) in [5, 5.41) is 21.5. The summed E-state index contributed by atoms with van der Waals surface area (Å²) >= 11 is 0. The van der Waals surface area contributed by atoms with E-state index in [1.54, 1.807) is 6.07 Å². The van der Waals surface area contributed by atoms with Crippen LogP contribution < -0.4 is 0 Å². The molecule has 250 valence electrons. The fourth-order valence-electron chi connectivity index (χ4n) is 9.74. The van der Waals surface area contributed by atoms with Gasteiger partial charge in [0, 0.05) is 23.8 Å². The summed E-state index contributed by atoms with van der Waals surface area (Å²) in [6.07, 6.45) is 3.21. The minimum Gasteiger partial charge on any atom is -0.508 e. The monoisotopic (exact) mass is 631 g/mol. The van der Waals surface area contributed by atoms with Crippen LogP contribution in [0.1, 0.15) is 121 Å². The molecule has 0 spiro atoms. The van der Waals surface area contributed by atoms with Crippen LogP contribution in [0.25, 0.3) is 0 Å². The molecule has 2 saturated carbocycles. The van der Waals surface area contributed by atoms with E-state index in [0.29, 0.717) is 37.6 Å². The van der Waals surface area contributed by atoms with Gasteiger partial charge in [-0.05, 0) is 125 Å². The van der Waals surface area contributed by atoms with Gasteiger partial charge in [0.2, 0.25) is 0 Å². The lowest BCUT2D eigenvalue weighted by Gasteiger charge is -2.56. The van der Waals surface area contributed by atoms with Gasteiger partial charge in [0.25, 0.3) is 0 Å². The number of aromatic hydroxyl groups is 1. The van der Waals surface area contributed by atoms with Crippen LogP contribution in [0.5, 0.6) is 5.75 Å². The van der Waals surface area contributed by atoms with Gasteiger partial charge in [0.1, 0.15) is 11.9 Å². The Balaban J connectivity index is 1.12. The topological polar surface area (TPSA) is 43.7 Å². The van der Waals surface area contributed by atoms with Gasteiger partial charge < -0.3 is 15.1 Å². The molecule has 0 amide bonds. The van der Waals surface area contributed by atoms with Gasteiger partial charge in [-0.25, -0.2) is 4.39 Å². The molecule has 0 bridgehead atoms. The number of likely N-dealkylation sites (tertiary alicyclic amines) is 1. The Kier molecular flexibility index (Phi) is 9.98. The highest BCUT2D eigenvalue weighted by atomic mass is 19.4. The third-order valence-corrected chi connectivity index (χ3v) is 12.4. The van der Waals surface area contributed by atoms with Crippen LogP contribution in [0.2, 0.25) is 0 Å². The molecular weight excluding hydrogens is 580 g/mol. The van der Waals surface area contributed by atoms with Crippen LogP contribution >= 0.6 is 0 Å². The SMILES string of the molecule is CC1(O)CCC2C3C(CCCCCN4CCCC4CCCCCC(F)(F)C(F)(F)F)Cc4cc(O)ccc4C3C(F)CC21C. The lowest BCUT2D eigenvalue weighted by Crippen LogP contribution is -2.54. The van der Waals surface area contributed by atoms with Crippen LogP contribution in [-0.4, -0.2) is 58.1 Å².